The average Bonchev–Trinajstić information content (AvgIpc) is 3.34. The fourth-order valence-corrected chi connectivity index (χ4v) is 6.81. The molecule has 12 heteroatoms. The third-order valence-electron chi connectivity index (χ3n) is 8.87. The number of ketones is 2. The number of nitrogens with one attached hydrogen (secondary N) is 1. The smallest absolute Gasteiger partial charge is 0.332 e. The Morgan fingerprint density at radius 1 is 1.02 bits per heavy atom. The zero-order valence-corrected chi connectivity index (χ0v) is 26.8. The number of carbonyl (C=O) groups is 2. The number of hydrogen-bond acceptors (Lipinski definition) is 9. The molecular formula is C33H34ClN3O8. The Labute approximate surface area is 264 Å². The minimum absolute atomic E-state index is 0.00722. The molecule has 0 saturated heterocycles. The predicted octanol–water partition coefficient (Wildman–Crippen LogP) is 4.22. The summed E-state index contributed by atoms with van der Waals surface area (Å²) < 4.78 is 25.5. The molecule has 2 aliphatic heterocycles. The average molecular weight is 636 g/mol. The van der Waals surface area contributed by atoms with E-state index in [1.807, 2.05) is 13.8 Å². The Kier molecular flexibility index (Phi) is 7.35. The number of nitrogens with zero attached hydrogens (tertiary/aromatic N) is 2. The van der Waals surface area contributed by atoms with Gasteiger partial charge in [0.25, 0.3) is 5.56 Å². The highest BCUT2D eigenvalue weighted by molar-refractivity contribution is 6.36. The lowest BCUT2D eigenvalue weighted by atomic mass is 9.66. The van der Waals surface area contributed by atoms with Crippen molar-refractivity contribution in [2.75, 3.05) is 26.1 Å². The maximum absolute atomic E-state index is 15.0. The highest BCUT2D eigenvalue weighted by atomic mass is 35.5. The van der Waals surface area contributed by atoms with Crippen LogP contribution in [0.4, 0.5) is 5.82 Å². The summed E-state index contributed by atoms with van der Waals surface area (Å²) in [4.78, 5) is 56.1. The van der Waals surface area contributed by atoms with Gasteiger partial charge in [-0.05, 0) is 30.0 Å². The van der Waals surface area contributed by atoms with Crippen LogP contribution in [0.2, 0.25) is 5.02 Å². The molecule has 0 radical (unpaired) electrons. The SMILES string of the molecule is COc1cc(OC)c2c(c1Cl)OC1(C(=O)C3=C(CC1C)Nc1c(c(=O)n(C)c(=O)n1C)C3c1ccc(OCC(C)C)cc1)C2=O. The molecule has 3 heterocycles. The van der Waals surface area contributed by atoms with Crippen molar-refractivity contribution in [3.8, 4) is 23.0 Å². The predicted molar refractivity (Wildman–Crippen MR) is 167 cm³/mol. The van der Waals surface area contributed by atoms with Gasteiger partial charge in [-0.25, -0.2) is 4.79 Å². The highest BCUT2D eigenvalue weighted by Crippen LogP contribution is 2.56. The second kappa shape index (κ2) is 10.8. The molecule has 1 spiro atoms. The van der Waals surface area contributed by atoms with E-state index in [4.69, 9.17) is 30.5 Å². The first-order valence-corrected chi connectivity index (χ1v) is 15.0. The van der Waals surface area contributed by atoms with E-state index >= 15 is 0 Å². The second-order valence-corrected chi connectivity index (χ2v) is 12.5. The van der Waals surface area contributed by atoms with Gasteiger partial charge in [0, 0.05) is 43.3 Å². The molecule has 0 bridgehead atoms. The quantitative estimate of drug-likeness (QED) is 0.396. The van der Waals surface area contributed by atoms with Crippen LogP contribution in [-0.2, 0) is 18.9 Å². The minimum Gasteiger partial charge on any atom is -0.496 e. The maximum Gasteiger partial charge on any atom is 0.332 e. The molecule has 1 aliphatic carbocycles. The van der Waals surface area contributed by atoms with Crippen LogP contribution in [-0.4, -0.2) is 47.1 Å². The van der Waals surface area contributed by atoms with Gasteiger partial charge in [-0.15, -0.1) is 0 Å². The number of benzene rings is 2. The molecule has 0 fully saturated rings. The van der Waals surface area contributed by atoms with Crippen LogP contribution in [0.25, 0.3) is 0 Å². The zero-order chi connectivity index (χ0) is 32.5. The first kappa shape index (κ1) is 30.5. The molecule has 11 nitrogen and oxygen atoms in total. The van der Waals surface area contributed by atoms with Crippen molar-refractivity contribution in [1.82, 2.24) is 9.13 Å². The van der Waals surface area contributed by atoms with Gasteiger partial charge in [0.05, 0.1) is 26.4 Å². The molecule has 2 aromatic carbocycles. The van der Waals surface area contributed by atoms with Crippen LogP contribution in [0.3, 0.4) is 0 Å². The Morgan fingerprint density at radius 3 is 2.31 bits per heavy atom. The van der Waals surface area contributed by atoms with Crippen LogP contribution in [0.5, 0.6) is 23.0 Å². The summed E-state index contributed by atoms with van der Waals surface area (Å²) in [5, 5.41) is 3.27. The number of anilines is 1. The Hall–Kier alpha value is -4.51. The molecule has 0 saturated carbocycles. The first-order valence-electron chi connectivity index (χ1n) is 14.6. The van der Waals surface area contributed by atoms with Crippen molar-refractivity contribution in [3.05, 3.63) is 84.2 Å². The number of rotatable bonds is 6. The number of allylic oxidation sites excluding steroid dienone is 1. The van der Waals surface area contributed by atoms with E-state index in [9.17, 15) is 19.2 Å². The lowest BCUT2D eigenvalue weighted by Gasteiger charge is -2.42. The standard InChI is InChI=1S/C33H34ClN3O8/c1-15(2)14-44-18-10-8-17(9-11-18)22-23-19(35-30-25(22)31(40)37(5)32(41)36(30)4)12-16(3)33(28(23)38)29(39)24-20(42-6)13-21(43-7)26(34)27(24)45-33/h8-11,13,15-16,22,35H,12,14H2,1-7H3. The van der Waals surface area contributed by atoms with Crippen molar-refractivity contribution in [2.24, 2.45) is 25.9 Å². The molecule has 1 aromatic heterocycles. The van der Waals surface area contributed by atoms with E-state index in [0.29, 0.717) is 35.4 Å². The number of Topliss-reactive ketones (excluding diaryl/α,β-unsaturated/α-hetero) is 2. The fraction of sp³-hybridized carbons (Fsp3) is 0.394. The molecule has 3 aromatic rings. The molecule has 0 amide bonds. The van der Waals surface area contributed by atoms with Gasteiger partial charge in [0.1, 0.15) is 33.7 Å². The Bertz CT molecular complexity index is 1920. The summed E-state index contributed by atoms with van der Waals surface area (Å²) in [5.41, 5.74) is -1.49. The van der Waals surface area contributed by atoms with Crippen molar-refractivity contribution >= 4 is 29.0 Å². The van der Waals surface area contributed by atoms with Crippen LogP contribution in [0, 0.1) is 11.8 Å². The van der Waals surface area contributed by atoms with E-state index in [2.05, 4.69) is 5.32 Å². The van der Waals surface area contributed by atoms with Gasteiger partial charge in [-0.3, -0.25) is 23.5 Å². The summed E-state index contributed by atoms with van der Waals surface area (Å²) in [7, 11) is 5.79. The van der Waals surface area contributed by atoms with Crippen LogP contribution in [0.1, 0.15) is 54.6 Å². The third kappa shape index (κ3) is 4.31. The maximum atomic E-state index is 15.0. The monoisotopic (exact) mass is 635 g/mol. The van der Waals surface area contributed by atoms with Gasteiger partial charge in [-0.2, -0.15) is 0 Å². The van der Waals surface area contributed by atoms with E-state index < -0.39 is 40.3 Å². The van der Waals surface area contributed by atoms with Gasteiger partial charge in [0.15, 0.2) is 5.75 Å². The molecular weight excluding hydrogens is 602 g/mol. The van der Waals surface area contributed by atoms with Crippen LogP contribution in [0.15, 0.2) is 51.2 Å². The number of hydrogen-bond donors (Lipinski definition) is 1. The van der Waals surface area contributed by atoms with Crippen LogP contribution < -0.4 is 35.5 Å². The number of fused-ring (bicyclic) bond motifs is 2. The molecule has 3 aliphatic rings. The highest BCUT2D eigenvalue weighted by Gasteiger charge is 2.63. The molecule has 236 valence electrons. The van der Waals surface area contributed by atoms with E-state index in [-0.39, 0.29) is 45.4 Å². The van der Waals surface area contributed by atoms with Crippen molar-refractivity contribution < 1.29 is 28.5 Å². The van der Waals surface area contributed by atoms with Gasteiger partial charge in [0.2, 0.25) is 17.2 Å². The number of aromatic nitrogens is 2. The zero-order valence-electron chi connectivity index (χ0n) is 26.1. The topological polar surface area (TPSA) is 127 Å². The number of ether oxygens (including phenoxy) is 4. The van der Waals surface area contributed by atoms with E-state index in [0.717, 1.165) is 4.57 Å². The van der Waals surface area contributed by atoms with Crippen LogP contribution >= 0.6 is 11.6 Å². The minimum atomic E-state index is -1.98. The van der Waals surface area contributed by atoms with E-state index in [1.165, 1.54) is 31.9 Å². The van der Waals surface area contributed by atoms with Crippen molar-refractivity contribution in [1.29, 1.82) is 0 Å². The third-order valence-corrected chi connectivity index (χ3v) is 9.23. The number of halogens is 1. The molecule has 45 heavy (non-hydrogen) atoms. The fourth-order valence-electron chi connectivity index (χ4n) is 6.54. The lowest BCUT2D eigenvalue weighted by molar-refractivity contribution is -0.130. The van der Waals surface area contributed by atoms with E-state index in [1.54, 1.807) is 38.2 Å². The lowest BCUT2D eigenvalue weighted by Crippen LogP contribution is -2.58. The van der Waals surface area contributed by atoms with Gasteiger partial charge < -0.3 is 24.3 Å². The summed E-state index contributed by atoms with van der Waals surface area (Å²) >= 11 is 6.62. The number of carbonyl (C=O) groups excluding carboxylic acids is 2. The summed E-state index contributed by atoms with van der Waals surface area (Å²) in [6.45, 7) is 6.36. The summed E-state index contributed by atoms with van der Waals surface area (Å²) in [6.07, 6.45) is 0.201. The second-order valence-electron chi connectivity index (χ2n) is 12.1. The summed E-state index contributed by atoms with van der Waals surface area (Å²) in [6, 6.07) is 8.63. The molecule has 3 unspecified atom stereocenters. The van der Waals surface area contributed by atoms with Gasteiger partial charge in [-0.1, -0.05) is 44.5 Å². The van der Waals surface area contributed by atoms with Gasteiger partial charge >= 0.3 is 5.69 Å². The Balaban J connectivity index is 1.56. The molecule has 1 N–H and O–H groups in total. The first-order chi connectivity index (χ1) is 21.4. The Morgan fingerprint density at radius 2 is 1.69 bits per heavy atom. The summed E-state index contributed by atoms with van der Waals surface area (Å²) in [5.74, 6) is -1.15. The molecule has 3 atom stereocenters. The number of methoxy groups -OCH3 is 2. The van der Waals surface area contributed by atoms with Crippen molar-refractivity contribution in [2.45, 2.75) is 38.7 Å². The molecule has 6 rings (SSSR count). The van der Waals surface area contributed by atoms with Crippen molar-refractivity contribution in [3.63, 3.8) is 0 Å². The normalized spacial score (nSPS) is 21.7. The largest absolute Gasteiger partial charge is 0.496 e.